The number of hydrogen-bond acceptors (Lipinski definition) is 10. The Balaban J connectivity index is 1.21. The van der Waals surface area contributed by atoms with Gasteiger partial charge in [0.15, 0.2) is 23.3 Å². The van der Waals surface area contributed by atoms with E-state index in [2.05, 4.69) is 31.0 Å². The second-order valence-corrected chi connectivity index (χ2v) is 9.97. The average Bonchev–Trinajstić information content (AvgIpc) is 3.84. The van der Waals surface area contributed by atoms with Gasteiger partial charge in [-0.25, -0.2) is 29.0 Å². The summed E-state index contributed by atoms with van der Waals surface area (Å²) in [6.07, 6.45) is 16.1. The number of hydrogen-bond donors (Lipinski definition) is 5. The van der Waals surface area contributed by atoms with Crippen LogP contribution in [0.3, 0.4) is 0 Å². The van der Waals surface area contributed by atoms with Gasteiger partial charge in [0.1, 0.15) is 11.4 Å². The fraction of sp³-hybridized carbons (Fsp3) is 0.138. The molecule has 220 valence electrons. The summed E-state index contributed by atoms with van der Waals surface area (Å²) in [6, 6.07) is 11.5. The summed E-state index contributed by atoms with van der Waals surface area (Å²) in [7, 11) is 0. The van der Waals surface area contributed by atoms with E-state index in [1.807, 2.05) is 70.3 Å². The number of amidine groups is 2. The van der Waals surface area contributed by atoms with Crippen molar-refractivity contribution in [3.63, 3.8) is 0 Å². The molecule has 6 aromatic rings. The van der Waals surface area contributed by atoms with Crippen LogP contribution in [0.15, 0.2) is 108 Å². The molecule has 44 heavy (non-hydrogen) atoms. The van der Waals surface area contributed by atoms with Crippen molar-refractivity contribution < 1.29 is 0 Å². The van der Waals surface area contributed by atoms with E-state index >= 15 is 0 Å². The van der Waals surface area contributed by atoms with Gasteiger partial charge in [-0.15, -0.1) is 10.2 Å². The molecule has 15 heteroatoms. The number of rotatable bonds is 10. The second-order valence-electron chi connectivity index (χ2n) is 9.97. The van der Waals surface area contributed by atoms with Gasteiger partial charge in [-0.1, -0.05) is 12.1 Å². The fourth-order valence-electron chi connectivity index (χ4n) is 4.82. The van der Waals surface area contributed by atoms with Crippen molar-refractivity contribution in [2.45, 2.75) is 13.1 Å². The average molecular weight is 588 g/mol. The predicted octanol–water partition coefficient (Wildman–Crippen LogP) is 2.82. The molecule has 6 aromatic heterocycles. The van der Waals surface area contributed by atoms with Crippen LogP contribution in [-0.4, -0.2) is 68.8 Å². The van der Waals surface area contributed by atoms with Gasteiger partial charge in [0.25, 0.3) is 0 Å². The molecule has 15 nitrogen and oxygen atoms in total. The molecule has 7 rings (SSSR count). The molecule has 0 radical (unpaired) electrons. The summed E-state index contributed by atoms with van der Waals surface area (Å²) < 4.78 is 7.47. The van der Waals surface area contributed by atoms with Gasteiger partial charge in [-0.3, -0.25) is 5.41 Å². The zero-order valence-electron chi connectivity index (χ0n) is 23.5. The topological polar surface area (TPSA) is 181 Å². The van der Waals surface area contributed by atoms with Gasteiger partial charge in [0, 0.05) is 63.4 Å². The zero-order chi connectivity index (χ0) is 29.9. The van der Waals surface area contributed by atoms with Gasteiger partial charge >= 0.3 is 0 Å². The van der Waals surface area contributed by atoms with E-state index in [1.54, 1.807) is 40.2 Å². The number of fused-ring (bicyclic) bond motifs is 2. The lowest BCUT2D eigenvalue weighted by Crippen LogP contribution is -2.42. The maximum absolute atomic E-state index is 8.66. The smallest absolute Gasteiger partial charge is 0.175 e. The molecule has 0 unspecified atom stereocenters. The molecule has 1 aliphatic rings. The summed E-state index contributed by atoms with van der Waals surface area (Å²) in [5.41, 5.74) is 9.61. The summed E-state index contributed by atoms with van der Waals surface area (Å²) in [5, 5.41) is 28.0. The zero-order valence-corrected chi connectivity index (χ0v) is 23.5. The Morgan fingerprint density at radius 3 is 1.82 bits per heavy atom. The first-order valence-electron chi connectivity index (χ1n) is 14.0. The highest BCUT2D eigenvalue weighted by atomic mass is 15.3. The van der Waals surface area contributed by atoms with Crippen LogP contribution in [0.25, 0.3) is 11.0 Å². The highest BCUT2D eigenvalue weighted by molar-refractivity contribution is 6.50. The summed E-state index contributed by atoms with van der Waals surface area (Å²) in [4.78, 5) is 18.0. The Morgan fingerprint density at radius 2 is 1.30 bits per heavy atom. The van der Waals surface area contributed by atoms with Crippen LogP contribution in [-0.2, 0) is 13.1 Å². The number of imidazole rings is 2. The van der Waals surface area contributed by atoms with E-state index in [0.29, 0.717) is 66.6 Å². The van der Waals surface area contributed by atoms with Gasteiger partial charge in [0.05, 0.1) is 35.1 Å². The Hall–Kier alpha value is -6.25. The third-order valence-electron chi connectivity index (χ3n) is 6.98. The highest BCUT2D eigenvalue weighted by Crippen LogP contribution is 2.32. The molecule has 0 fully saturated rings. The summed E-state index contributed by atoms with van der Waals surface area (Å²) in [6.45, 7) is 2.62. The van der Waals surface area contributed by atoms with Gasteiger partial charge in [0.2, 0.25) is 0 Å². The molecule has 0 aromatic carbocycles. The largest absolute Gasteiger partial charge is 0.396 e. The van der Waals surface area contributed by atoms with Crippen molar-refractivity contribution >= 4 is 51.4 Å². The van der Waals surface area contributed by atoms with Crippen LogP contribution >= 0.6 is 0 Å². The monoisotopic (exact) mass is 587 g/mol. The van der Waals surface area contributed by atoms with Crippen molar-refractivity contribution in [1.82, 2.24) is 43.6 Å². The van der Waals surface area contributed by atoms with Crippen LogP contribution in [0.5, 0.6) is 0 Å². The van der Waals surface area contributed by atoms with Crippen molar-refractivity contribution in [2.24, 2.45) is 15.7 Å². The van der Waals surface area contributed by atoms with Crippen LogP contribution in [0.4, 0.5) is 23.0 Å². The van der Waals surface area contributed by atoms with E-state index in [4.69, 9.17) is 26.2 Å². The number of aromatic nitrogens is 8. The molecule has 6 N–H and O–H groups in total. The maximum atomic E-state index is 8.66. The van der Waals surface area contributed by atoms with Gasteiger partial charge in [-0.05, 0) is 30.3 Å². The minimum absolute atomic E-state index is 0.125. The Bertz CT molecular complexity index is 2020. The fourth-order valence-corrected chi connectivity index (χ4v) is 4.82. The number of aliphatic imine (C=N–C) groups is 2. The predicted molar refractivity (Wildman–Crippen MR) is 169 cm³/mol. The molecule has 0 saturated heterocycles. The van der Waals surface area contributed by atoms with E-state index in [1.165, 1.54) is 0 Å². The lowest BCUT2D eigenvalue weighted by atomic mass is 10.2. The Labute approximate surface area is 251 Å². The van der Waals surface area contributed by atoms with E-state index < -0.39 is 0 Å². The van der Waals surface area contributed by atoms with E-state index in [0.717, 1.165) is 11.0 Å². The molecular weight excluding hydrogens is 558 g/mol. The Kier molecular flexibility index (Phi) is 7.00. The van der Waals surface area contributed by atoms with Crippen molar-refractivity contribution in [1.29, 1.82) is 5.41 Å². The lowest BCUT2D eigenvalue weighted by Gasteiger charge is -2.18. The number of anilines is 2. The molecule has 0 bridgehead atoms. The number of nitrogens with two attached hydrogens (primary N) is 1. The van der Waals surface area contributed by atoms with Crippen molar-refractivity contribution in [3.8, 4) is 0 Å². The van der Waals surface area contributed by atoms with Gasteiger partial charge < -0.3 is 30.8 Å². The standard InChI is InChI=1S/C29H29N15/c30-20-17-21(31)27(37-25-23-6-2-4-12-44(23)40-29(25)35-10-16-42-14-8-33-19-42)38-26(20)36-24-22-5-1-3-11-43(22)39-28(24)34-9-15-41-13-7-32-18-41/h1-8,11-14,17-19,30H,9-10,15-16,31H2,(H,34,39)(H,35,40)(H,36,37,38). The molecular formula is C29H29N15. The van der Waals surface area contributed by atoms with Gasteiger partial charge in [-0.2, -0.15) is 0 Å². The molecule has 1 aliphatic heterocycles. The van der Waals surface area contributed by atoms with E-state index in [-0.39, 0.29) is 5.71 Å². The first kappa shape index (κ1) is 26.6. The van der Waals surface area contributed by atoms with E-state index in [9.17, 15) is 0 Å². The highest BCUT2D eigenvalue weighted by Gasteiger charge is 2.22. The SMILES string of the molecule is N=C1C=C(N)C(=Nc2c(NCCn3ccnc3)nn3ccccc23)NC1=Nc1c(NCCn2ccnc2)nn2ccccc12. The Morgan fingerprint density at radius 1 is 0.750 bits per heavy atom. The third kappa shape index (κ3) is 5.36. The molecule has 0 spiro atoms. The third-order valence-corrected chi connectivity index (χ3v) is 6.98. The lowest BCUT2D eigenvalue weighted by molar-refractivity contribution is 0.724. The minimum atomic E-state index is 0.125. The van der Waals surface area contributed by atoms with Crippen LogP contribution in [0.2, 0.25) is 0 Å². The molecule has 0 saturated carbocycles. The quantitative estimate of drug-likeness (QED) is 0.162. The molecule has 0 amide bonds. The molecule has 0 atom stereocenters. The second kappa shape index (κ2) is 11.6. The number of nitrogens with zero attached hydrogens (tertiary/aromatic N) is 10. The minimum Gasteiger partial charge on any atom is -0.396 e. The van der Waals surface area contributed by atoms with Crippen molar-refractivity contribution in [2.75, 3.05) is 23.7 Å². The normalized spacial score (nSPS) is 15.3. The van der Waals surface area contributed by atoms with Crippen LogP contribution in [0.1, 0.15) is 0 Å². The molecule has 7 heterocycles. The first-order chi connectivity index (χ1) is 21.6. The maximum Gasteiger partial charge on any atom is 0.175 e. The van der Waals surface area contributed by atoms with Crippen LogP contribution in [0, 0.1) is 5.41 Å². The molecule has 0 aliphatic carbocycles. The summed E-state index contributed by atoms with van der Waals surface area (Å²) in [5.74, 6) is 1.85. The number of nitrogens with one attached hydrogen (secondary N) is 4. The first-order valence-corrected chi connectivity index (χ1v) is 14.0. The number of pyridine rings is 2. The summed E-state index contributed by atoms with van der Waals surface area (Å²) >= 11 is 0. The van der Waals surface area contributed by atoms with Crippen molar-refractivity contribution in [3.05, 3.63) is 98.0 Å². The van der Waals surface area contributed by atoms with Crippen LogP contribution < -0.4 is 21.7 Å².